The van der Waals surface area contributed by atoms with Crippen LogP contribution in [0.3, 0.4) is 0 Å². The molecule has 0 amide bonds. The molecule has 9 heavy (non-hydrogen) atoms. The molecule has 1 aliphatic heterocycles. The van der Waals surface area contributed by atoms with Crippen LogP contribution in [-0.4, -0.2) is 12.7 Å². The van der Waals surface area contributed by atoms with E-state index in [9.17, 15) is 0 Å². The van der Waals surface area contributed by atoms with E-state index in [1.807, 2.05) is 0 Å². The highest BCUT2D eigenvalue weighted by Crippen LogP contribution is 2.38. The number of ether oxygens (including phenoxy) is 1. The fourth-order valence-corrected chi connectivity index (χ4v) is 1.16. The van der Waals surface area contributed by atoms with Gasteiger partial charge in [0.1, 0.15) is 0 Å². The van der Waals surface area contributed by atoms with Gasteiger partial charge in [0.25, 0.3) is 0 Å². The third kappa shape index (κ3) is 1.26. The third-order valence-electron chi connectivity index (χ3n) is 2.73. The molecule has 1 fully saturated rings. The maximum Gasteiger partial charge on any atom is 0.0863 e. The van der Waals surface area contributed by atoms with E-state index in [1.54, 1.807) is 0 Å². The molecule has 1 rings (SSSR count). The average molecular weight is 128 g/mol. The van der Waals surface area contributed by atoms with Crippen molar-refractivity contribution in [3.05, 3.63) is 0 Å². The largest absolute Gasteiger partial charge is 0.373 e. The van der Waals surface area contributed by atoms with Gasteiger partial charge < -0.3 is 4.74 Å². The van der Waals surface area contributed by atoms with Crippen LogP contribution in [0.15, 0.2) is 0 Å². The van der Waals surface area contributed by atoms with Crippen LogP contribution in [0, 0.1) is 5.41 Å². The van der Waals surface area contributed by atoms with Crippen LogP contribution in [0.25, 0.3) is 0 Å². The van der Waals surface area contributed by atoms with Crippen molar-refractivity contribution in [3.63, 3.8) is 0 Å². The standard InChI is InChI=1S/C8H16O/c1-4-8(3,5-2)7-6-9-7/h7H,4-6H2,1-3H3. The maximum atomic E-state index is 5.26. The molecule has 54 valence electrons. The van der Waals surface area contributed by atoms with Gasteiger partial charge in [-0.1, -0.05) is 20.8 Å². The van der Waals surface area contributed by atoms with Gasteiger partial charge in [-0.15, -0.1) is 0 Å². The van der Waals surface area contributed by atoms with Gasteiger partial charge in [-0.25, -0.2) is 0 Å². The van der Waals surface area contributed by atoms with E-state index in [1.165, 1.54) is 12.8 Å². The van der Waals surface area contributed by atoms with Crippen LogP contribution in [0.5, 0.6) is 0 Å². The second-order valence-corrected chi connectivity index (χ2v) is 3.18. The molecule has 1 unspecified atom stereocenters. The van der Waals surface area contributed by atoms with E-state index in [4.69, 9.17) is 4.74 Å². The molecule has 1 heteroatoms. The van der Waals surface area contributed by atoms with Crippen LogP contribution in [0.1, 0.15) is 33.6 Å². The fourth-order valence-electron chi connectivity index (χ4n) is 1.16. The first kappa shape index (κ1) is 7.07. The normalized spacial score (nSPS) is 26.3. The zero-order valence-corrected chi connectivity index (χ0v) is 6.61. The molecule has 0 aromatic heterocycles. The van der Waals surface area contributed by atoms with Gasteiger partial charge >= 0.3 is 0 Å². The molecule has 1 heterocycles. The zero-order chi connectivity index (χ0) is 6.91. The van der Waals surface area contributed by atoms with Gasteiger partial charge in [-0.3, -0.25) is 0 Å². The van der Waals surface area contributed by atoms with Crippen LogP contribution in [0.2, 0.25) is 0 Å². The molecule has 1 saturated heterocycles. The van der Waals surface area contributed by atoms with E-state index in [0.29, 0.717) is 11.5 Å². The summed E-state index contributed by atoms with van der Waals surface area (Å²) in [5.41, 5.74) is 0.472. The molecule has 1 atom stereocenters. The van der Waals surface area contributed by atoms with Crippen molar-refractivity contribution in [1.29, 1.82) is 0 Å². The lowest BCUT2D eigenvalue weighted by Crippen LogP contribution is -2.20. The Labute approximate surface area is 57.4 Å². The summed E-state index contributed by atoms with van der Waals surface area (Å²) in [6, 6.07) is 0. The first-order valence-electron chi connectivity index (χ1n) is 3.84. The van der Waals surface area contributed by atoms with E-state index in [0.717, 1.165) is 6.61 Å². The lowest BCUT2D eigenvalue weighted by Gasteiger charge is -2.23. The molecule has 1 aliphatic rings. The number of hydrogen-bond donors (Lipinski definition) is 0. The Bertz CT molecular complexity index is 90.7. The number of hydrogen-bond acceptors (Lipinski definition) is 1. The lowest BCUT2D eigenvalue weighted by molar-refractivity contribution is 0.204. The van der Waals surface area contributed by atoms with Crippen molar-refractivity contribution in [1.82, 2.24) is 0 Å². The Morgan fingerprint density at radius 2 is 1.89 bits per heavy atom. The van der Waals surface area contributed by atoms with Crippen molar-refractivity contribution in [3.8, 4) is 0 Å². The quantitative estimate of drug-likeness (QED) is 0.531. The summed E-state index contributed by atoms with van der Waals surface area (Å²) >= 11 is 0. The summed E-state index contributed by atoms with van der Waals surface area (Å²) in [5.74, 6) is 0. The fraction of sp³-hybridized carbons (Fsp3) is 1.00. The van der Waals surface area contributed by atoms with Crippen LogP contribution < -0.4 is 0 Å². The third-order valence-corrected chi connectivity index (χ3v) is 2.73. The van der Waals surface area contributed by atoms with Crippen molar-refractivity contribution < 1.29 is 4.74 Å². The molecule has 1 nitrogen and oxygen atoms in total. The SMILES string of the molecule is CCC(C)(CC)C1CO1. The van der Waals surface area contributed by atoms with Crippen LogP contribution >= 0.6 is 0 Å². The maximum absolute atomic E-state index is 5.26. The summed E-state index contributed by atoms with van der Waals surface area (Å²) in [4.78, 5) is 0. The Morgan fingerprint density at radius 3 is 2.00 bits per heavy atom. The van der Waals surface area contributed by atoms with Gasteiger partial charge in [0.05, 0.1) is 12.7 Å². The summed E-state index contributed by atoms with van der Waals surface area (Å²) in [5, 5.41) is 0. The van der Waals surface area contributed by atoms with Crippen molar-refractivity contribution in [2.24, 2.45) is 5.41 Å². The van der Waals surface area contributed by atoms with Gasteiger partial charge in [0, 0.05) is 0 Å². The van der Waals surface area contributed by atoms with E-state index < -0.39 is 0 Å². The number of rotatable bonds is 3. The second kappa shape index (κ2) is 2.30. The first-order valence-corrected chi connectivity index (χ1v) is 3.84. The number of epoxide rings is 1. The average Bonchev–Trinajstić information content (AvgIpc) is 2.68. The van der Waals surface area contributed by atoms with Gasteiger partial charge in [-0.2, -0.15) is 0 Å². The minimum atomic E-state index is 0.472. The predicted molar refractivity (Wildman–Crippen MR) is 38.4 cm³/mol. The highest BCUT2D eigenvalue weighted by Gasteiger charge is 2.40. The van der Waals surface area contributed by atoms with Crippen molar-refractivity contribution >= 4 is 0 Å². The Hall–Kier alpha value is -0.0400. The summed E-state index contributed by atoms with van der Waals surface area (Å²) in [7, 11) is 0. The summed E-state index contributed by atoms with van der Waals surface area (Å²) < 4.78 is 5.26. The Morgan fingerprint density at radius 1 is 1.44 bits per heavy atom. The summed E-state index contributed by atoms with van der Waals surface area (Å²) in [6.07, 6.45) is 3.06. The highest BCUT2D eigenvalue weighted by molar-refractivity contribution is 4.87. The summed E-state index contributed by atoms with van der Waals surface area (Å²) in [6.45, 7) is 7.79. The predicted octanol–water partition coefficient (Wildman–Crippen LogP) is 2.21. The Kier molecular flexibility index (Phi) is 1.80. The molecule has 0 saturated carbocycles. The van der Waals surface area contributed by atoms with Gasteiger partial charge in [0.15, 0.2) is 0 Å². The van der Waals surface area contributed by atoms with Crippen molar-refractivity contribution in [2.75, 3.05) is 6.61 Å². The van der Waals surface area contributed by atoms with Crippen LogP contribution in [0.4, 0.5) is 0 Å². The minimum Gasteiger partial charge on any atom is -0.373 e. The Balaban J connectivity index is 2.43. The topological polar surface area (TPSA) is 12.5 Å². The zero-order valence-electron chi connectivity index (χ0n) is 6.61. The lowest BCUT2D eigenvalue weighted by atomic mass is 9.82. The molecule has 0 aromatic carbocycles. The first-order chi connectivity index (χ1) is 4.23. The molecule has 0 aliphatic carbocycles. The van der Waals surface area contributed by atoms with E-state index in [2.05, 4.69) is 20.8 Å². The highest BCUT2D eigenvalue weighted by atomic mass is 16.6. The van der Waals surface area contributed by atoms with E-state index >= 15 is 0 Å². The molecular weight excluding hydrogens is 112 g/mol. The molecule has 0 spiro atoms. The van der Waals surface area contributed by atoms with E-state index in [-0.39, 0.29) is 0 Å². The molecule has 0 aromatic rings. The molecule has 0 N–H and O–H groups in total. The minimum absolute atomic E-state index is 0.472. The molecular formula is C8H16O. The van der Waals surface area contributed by atoms with Crippen molar-refractivity contribution in [2.45, 2.75) is 39.7 Å². The van der Waals surface area contributed by atoms with Gasteiger partial charge in [0.2, 0.25) is 0 Å². The molecule has 0 bridgehead atoms. The second-order valence-electron chi connectivity index (χ2n) is 3.18. The molecule has 0 radical (unpaired) electrons. The van der Waals surface area contributed by atoms with Gasteiger partial charge in [-0.05, 0) is 18.3 Å². The van der Waals surface area contributed by atoms with Crippen LogP contribution in [-0.2, 0) is 4.74 Å². The monoisotopic (exact) mass is 128 g/mol. The smallest absolute Gasteiger partial charge is 0.0863 e.